The molecule has 6 heteroatoms. The molecule has 1 rings (SSSR count). The van der Waals surface area contributed by atoms with E-state index in [-0.39, 0.29) is 17.7 Å². The number of anilines is 1. The van der Waals surface area contributed by atoms with E-state index >= 15 is 0 Å². The van der Waals surface area contributed by atoms with Crippen LogP contribution in [0.5, 0.6) is 0 Å². The van der Waals surface area contributed by atoms with Gasteiger partial charge < -0.3 is 10.1 Å². The maximum atomic E-state index is 12.0. The number of halogens is 1. The fourth-order valence-electron chi connectivity index (χ4n) is 1.42. The minimum absolute atomic E-state index is 0.0483. The minimum atomic E-state index is -0.125. The van der Waals surface area contributed by atoms with Crippen LogP contribution in [0.1, 0.15) is 33.7 Å². The Morgan fingerprint density at radius 3 is 2.67 bits per heavy atom. The van der Waals surface area contributed by atoms with E-state index in [9.17, 15) is 4.79 Å². The Kier molecular flexibility index (Phi) is 5.81. The lowest BCUT2D eigenvalue weighted by Crippen LogP contribution is -2.26. The largest absolute Gasteiger partial charge is 0.380 e. The maximum Gasteiger partial charge on any atom is 0.283 e. The average Bonchev–Trinajstić information content (AvgIpc) is 2.29. The molecule has 0 aromatic carbocycles. The lowest BCUT2D eigenvalue weighted by Gasteiger charge is -2.13. The molecule has 0 aliphatic heterocycles. The van der Waals surface area contributed by atoms with Crippen LogP contribution in [-0.2, 0) is 4.74 Å². The van der Waals surface area contributed by atoms with Crippen LogP contribution in [0.15, 0.2) is 15.5 Å². The van der Waals surface area contributed by atoms with Gasteiger partial charge in [-0.05, 0) is 43.6 Å². The molecule has 0 fully saturated rings. The molecule has 18 heavy (non-hydrogen) atoms. The highest BCUT2D eigenvalue weighted by molar-refractivity contribution is 9.10. The average molecular weight is 318 g/mol. The summed E-state index contributed by atoms with van der Waals surface area (Å²) in [5.41, 5.74) is 0.573. The second kappa shape index (κ2) is 6.89. The predicted molar refractivity (Wildman–Crippen MR) is 76.2 cm³/mol. The minimum Gasteiger partial charge on any atom is -0.380 e. The topological polar surface area (TPSA) is 56.1 Å². The third-order valence-electron chi connectivity index (χ3n) is 2.30. The van der Waals surface area contributed by atoms with Gasteiger partial charge in [0.05, 0.1) is 30.6 Å². The predicted octanol–water partition coefficient (Wildman–Crippen LogP) is 2.42. The van der Waals surface area contributed by atoms with E-state index in [0.717, 1.165) is 0 Å². The Bertz CT molecular complexity index is 443. The van der Waals surface area contributed by atoms with Gasteiger partial charge in [-0.3, -0.25) is 4.79 Å². The van der Waals surface area contributed by atoms with E-state index in [1.165, 1.54) is 4.68 Å². The fourth-order valence-corrected chi connectivity index (χ4v) is 1.84. The van der Waals surface area contributed by atoms with Crippen molar-refractivity contribution in [3.8, 4) is 0 Å². The lowest BCUT2D eigenvalue weighted by molar-refractivity contribution is 0.0870. The van der Waals surface area contributed by atoms with E-state index in [2.05, 4.69) is 26.3 Å². The van der Waals surface area contributed by atoms with Crippen LogP contribution in [-0.4, -0.2) is 29.0 Å². The third-order valence-corrected chi connectivity index (χ3v) is 3.07. The summed E-state index contributed by atoms with van der Waals surface area (Å²) in [5.74, 6) is 0. The molecule has 0 saturated carbocycles. The van der Waals surface area contributed by atoms with Crippen LogP contribution < -0.4 is 10.9 Å². The van der Waals surface area contributed by atoms with E-state index in [0.29, 0.717) is 23.3 Å². The van der Waals surface area contributed by atoms with Crippen molar-refractivity contribution < 1.29 is 4.74 Å². The van der Waals surface area contributed by atoms with Crippen molar-refractivity contribution in [2.45, 2.75) is 39.8 Å². The Morgan fingerprint density at radius 2 is 2.11 bits per heavy atom. The first-order chi connectivity index (χ1) is 8.43. The molecule has 1 aromatic rings. The monoisotopic (exact) mass is 317 g/mol. The lowest BCUT2D eigenvalue weighted by atomic mass is 10.4. The number of nitrogens with one attached hydrogen (secondary N) is 1. The van der Waals surface area contributed by atoms with Crippen LogP contribution in [0.2, 0.25) is 0 Å². The zero-order valence-corrected chi connectivity index (χ0v) is 12.8. The van der Waals surface area contributed by atoms with Gasteiger partial charge in [-0.25, -0.2) is 4.68 Å². The van der Waals surface area contributed by atoms with Crippen molar-refractivity contribution >= 4 is 21.6 Å². The first-order valence-electron chi connectivity index (χ1n) is 6.06. The van der Waals surface area contributed by atoms with Gasteiger partial charge in [0.1, 0.15) is 4.47 Å². The number of ether oxygens (including phenoxy) is 1. The van der Waals surface area contributed by atoms with Gasteiger partial charge >= 0.3 is 0 Å². The van der Waals surface area contributed by atoms with E-state index in [1.807, 2.05) is 27.7 Å². The van der Waals surface area contributed by atoms with Gasteiger partial charge in [-0.15, -0.1) is 0 Å². The second-order valence-corrected chi connectivity index (χ2v) is 5.36. The zero-order valence-electron chi connectivity index (χ0n) is 11.2. The molecular weight excluding hydrogens is 298 g/mol. The molecule has 5 nitrogen and oxygen atoms in total. The molecule has 102 valence electrons. The van der Waals surface area contributed by atoms with Crippen LogP contribution in [0.4, 0.5) is 5.69 Å². The first kappa shape index (κ1) is 15.2. The molecular formula is C12H20BrN3O2. The molecule has 1 aromatic heterocycles. The molecule has 0 saturated heterocycles. The Labute approximate surface area is 116 Å². The molecule has 1 heterocycles. The number of hydrogen-bond acceptors (Lipinski definition) is 4. The van der Waals surface area contributed by atoms with Crippen LogP contribution in [0, 0.1) is 0 Å². The van der Waals surface area contributed by atoms with Gasteiger partial charge in [0.25, 0.3) is 5.56 Å². The summed E-state index contributed by atoms with van der Waals surface area (Å²) in [6.45, 7) is 9.05. The molecule has 0 unspecified atom stereocenters. The highest BCUT2D eigenvalue weighted by Gasteiger charge is 2.10. The number of hydrogen-bond donors (Lipinski definition) is 1. The van der Waals surface area contributed by atoms with Crippen molar-refractivity contribution in [2.24, 2.45) is 0 Å². The molecule has 0 radical (unpaired) electrons. The van der Waals surface area contributed by atoms with Gasteiger partial charge in [0, 0.05) is 6.54 Å². The number of aromatic nitrogens is 2. The summed E-state index contributed by atoms with van der Waals surface area (Å²) in [7, 11) is 0. The molecule has 0 aliphatic carbocycles. The molecule has 0 amide bonds. The zero-order chi connectivity index (χ0) is 13.7. The maximum absolute atomic E-state index is 12.0. The summed E-state index contributed by atoms with van der Waals surface area (Å²) in [5, 5.41) is 7.25. The number of nitrogens with zero attached hydrogens (tertiary/aromatic N) is 2. The SMILES string of the molecule is CC(C)OCCNc1cnn(C(C)C)c(=O)c1Br. The highest BCUT2D eigenvalue weighted by atomic mass is 79.9. The second-order valence-electron chi connectivity index (χ2n) is 4.56. The summed E-state index contributed by atoms with van der Waals surface area (Å²) in [6, 6.07) is 0.0483. The molecule has 0 bridgehead atoms. The Morgan fingerprint density at radius 1 is 1.44 bits per heavy atom. The van der Waals surface area contributed by atoms with Crippen LogP contribution in [0.3, 0.4) is 0 Å². The van der Waals surface area contributed by atoms with Crippen LogP contribution in [0.25, 0.3) is 0 Å². The molecule has 1 N–H and O–H groups in total. The van der Waals surface area contributed by atoms with E-state index in [1.54, 1.807) is 6.20 Å². The summed E-state index contributed by atoms with van der Waals surface area (Å²) >= 11 is 3.30. The summed E-state index contributed by atoms with van der Waals surface area (Å²) < 4.78 is 7.37. The van der Waals surface area contributed by atoms with Gasteiger partial charge in [0.15, 0.2) is 0 Å². The van der Waals surface area contributed by atoms with E-state index < -0.39 is 0 Å². The van der Waals surface area contributed by atoms with E-state index in [4.69, 9.17) is 4.74 Å². The fraction of sp³-hybridized carbons (Fsp3) is 0.667. The molecule has 0 aliphatic rings. The summed E-state index contributed by atoms with van der Waals surface area (Å²) in [4.78, 5) is 12.0. The van der Waals surface area contributed by atoms with Crippen molar-refractivity contribution in [1.82, 2.24) is 9.78 Å². The Balaban J connectivity index is 2.68. The third kappa shape index (κ3) is 4.10. The van der Waals surface area contributed by atoms with Crippen molar-refractivity contribution in [2.75, 3.05) is 18.5 Å². The molecule has 0 spiro atoms. The Hall–Kier alpha value is -0.880. The van der Waals surface area contributed by atoms with Crippen molar-refractivity contribution in [1.29, 1.82) is 0 Å². The van der Waals surface area contributed by atoms with Crippen molar-refractivity contribution in [3.05, 3.63) is 21.0 Å². The van der Waals surface area contributed by atoms with Gasteiger partial charge in [0.2, 0.25) is 0 Å². The molecule has 0 atom stereocenters. The van der Waals surface area contributed by atoms with Gasteiger partial charge in [-0.2, -0.15) is 5.10 Å². The smallest absolute Gasteiger partial charge is 0.283 e. The standard InChI is InChI=1S/C12H20BrN3O2/c1-8(2)16-12(17)11(13)10(7-15-16)14-5-6-18-9(3)4/h7-9,14H,5-6H2,1-4H3. The van der Waals surface area contributed by atoms with Crippen molar-refractivity contribution in [3.63, 3.8) is 0 Å². The van der Waals surface area contributed by atoms with Gasteiger partial charge in [-0.1, -0.05) is 0 Å². The first-order valence-corrected chi connectivity index (χ1v) is 6.85. The highest BCUT2D eigenvalue weighted by Crippen LogP contribution is 2.16. The number of rotatable bonds is 6. The summed E-state index contributed by atoms with van der Waals surface area (Å²) in [6.07, 6.45) is 1.86. The quantitative estimate of drug-likeness (QED) is 0.819. The van der Waals surface area contributed by atoms with Crippen LogP contribution >= 0.6 is 15.9 Å². The normalized spacial score (nSPS) is 11.3.